The Bertz CT molecular complexity index is 1360. The number of aryl methyl sites for hydroxylation is 1. The Hall–Kier alpha value is -4.14. The molecule has 2 aromatic heterocycles. The fourth-order valence-corrected chi connectivity index (χ4v) is 3.49. The number of carbonyl (C=O) groups is 1. The van der Waals surface area contributed by atoms with Gasteiger partial charge in [-0.3, -0.25) is 14.9 Å². The van der Waals surface area contributed by atoms with Gasteiger partial charge in [0.25, 0.3) is 11.6 Å². The van der Waals surface area contributed by atoms with E-state index in [0.717, 1.165) is 29.3 Å². The molecule has 0 aliphatic carbocycles. The van der Waals surface area contributed by atoms with Crippen LogP contribution in [0.5, 0.6) is 0 Å². The van der Waals surface area contributed by atoms with Crippen LogP contribution in [0, 0.1) is 22.9 Å². The summed E-state index contributed by atoms with van der Waals surface area (Å²) in [6.07, 6.45) is 1.54. The highest BCUT2D eigenvalue weighted by atomic mass is 19.1. The monoisotopic (exact) mass is 433 g/mol. The number of nitro groups is 1. The van der Waals surface area contributed by atoms with Crippen molar-refractivity contribution in [3.05, 3.63) is 81.8 Å². The topological polar surface area (TPSA) is 103 Å². The van der Waals surface area contributed by atoms with Crippen molar-refractivity contribution in [2.75, 3.05) is 5.32 Å². The van der Waals surface area contributed by atoms with Gasteiger partial charge in [-0.2, -0.15) is 5.10 Å². The third-order valence-electron chi connectivity index (χ3n) is 5.13. The lowest BCUT2D eigenvalue weighted by atomic mass is 10.0. The number of hydrogen-bond donors (Lipinski definition) is 1. The van der Waals surface area contributed by atoms with E-state index in [1.807, 2.05) is 45.0 Å². The molecule has 1 N–H and O–H groups in total. The van der Waals surface area contributed by atoms with Gasteiger partial charge in [0.05, 0.1) is 33.5 Å². The summed E-state index contributed by atoms with van der Waals surface area (Å²) in [7, 11) is 0. The second-order valence-electron chi connectivity index (χ2n) is 7.67. The number of aromatic nitrogens is 3. The molecule has 0 aliphatic rings. The molecule has 162 valence electrons. The normalized spacial score (nSPS) is 11.2. The Morgan fingerprint density at radius 1 is 1.19 bits per heavy atom. The molecular formula is C23H20FN5O3. The Balaban J connectivity index is 1.86. The Morgan fingerprint density at radius 2 is 1.94 bits per heavy atom. The minimum atomic E-state index is -0.772. The molecule has 1 amide bonds. The van der Waals surface area contributed by atoms with E-state index >= 15 is 0 Å². The van der Waals surface area contributed by atoms with Crippen molar-refractivity contribution < 1.29 is 14.1 Å². The summed E-state index contributed by atoms with van der Waals surface area (Å²) >= 11 is 0. The van der Waals surface area contributed by atoms with Crippen molar-refractivity contribution in [3.63, 3.8) is 0 Å². The molecular weight excluding hydrogens is 413 g/mol. The van der Waals surface area contributed by atoms with Gasteiger partial charge in [0.15, 0.2) is 5.65 Å². The fraction of sp³-hybridized carbons (Fsp3) is 0.174. The van der Waals surface area contributed by atoms with Crippen LogP contribution in [0.4, 0.5) is 15.8 Å². The molecule has 4 rings (SSSR count). The van der Waals surface area contributed by atoms with E-state index < -0.39 is 16.6 Å². The van der Waals surface area contributed by atoms with Crippen LogP contribution in [0.2, 0.25) is 0 Å². The number of rotatable bonds is 5. The van der Waals surface area contributed by atoms with E-state index in [9.17, 15) is 19.3 Å². The summed E-state index contributed by atoms with van der Waals surface area (Å²) in [5.74, 6) is -1.39. The van der Waals surface area contributed by atoms with Crippen molar-refractivity contribution in [2.45, 2.75) is 26.8 Å². The Labute approximate surface area is 182 Å². The molecule has 2 aromatic carbocycles. The molecule has 0 saturated carbocycles. The first-order valence-electron chi connectivity index (χ1n) is 9.96. The highest BCUT2D eigenvalue weighted by molar-refractivity contribution is 6.12. The number of halogens is 1. The predicted octanol–water partition coefficient (Wildman–Crippen LogP) is 5.29. The van der Waals surface area contributed by atoms with E-state index in [1.54, 1.807) is 16.9 Å². The number of nitrogens with zero attached hydrogens (tertiary/aromatic N) is 4. The minimum Gasteiger partial charge on any atom is -0.319 e. The van der Waals surface area contributed by atoms with Crippen LogP contribution in [0.1, 0.15) is 35.8 Å². The standard InChI is InChI=1S/C23H20FN5O3/c1-13(2)28-22-18(12-25-28)17(11-20(26-22)16-7-5-4-6-14(16)3)23(30)27-21-10-15(29(31)32)8-9-19(21)24/h4-13H,1-3H3,(H,27,30). The third-order valence-corrected chi connectivity index (χ3v) is 5.13. The lowest BCUT2D eigenvalue weighted by Crippen LogP contribution is -2.14. The van der Waals surface area contributed by atoms with Crippen LogP contribution in [0.3, 0.4) is 0 Å². The number of fused-ring (bicyclic) bond motifs is 1. The summed E-state index contributed by atoms with van der Waals surface area (Å²) in [5, 5.41) is 18.4. The van der Waals surface area contributed by atoms with Gasteiger partial charge >= 0.3 is 0 Å². The Kier molecular flexibility index (Phi) is 5.40. The number of hydrogen-bond acceptors (Lipinski definition) is 5. The van der Waals surface area contributed by atoms with E-state index in [4.69, 9.17) is 4.98 Å². The van der Waals surface area contributed by atoms with Crippen molar-refractivity contribution in [3.8, 4) is 11.3 Å². The number of carbonyl (C=O) groups excluding carboxylic acids is 1. The molecule has 0 fully saturated rings. The van der Waals surface area contributed by atoms with Crippen molar-refractivity contribution >= 4 is 28.3 Å². The summed E-state index contributed by atoms with van der Waals surface area (Å²) < 4.78 is 16.0. The lowest BCUT2D eigenvalue weighted by molar-refractivity contribution is -0.384. The summed E-state index contributed by atoms with van der Waals surface area (Å²) in [6, 6.07) is 12.2. The van der Waals surface area contributed by atoms with Crippen LogP contribution >= 0.6 is 0 Å². The van der Waals surface area contributed by atoms with Crippen molar-refractivity contribution in [1.82, 2.24) is 14.8 Å². The summed E-state index contributed by atoms with van der Waals surface area (Å²) in [6.45, 7) is 5.85. The molecule has 32 heavy (non-hydrogen) atoms. The summed E-state index contributed by atoms with van der Waals surface area (Å²) in [5.41, 5.74) is 2.56. The van der Waals surface area contributed by atoms with Gasteiger partial charge in [0, 0.05) is 23.7 Å². The van der Waals surface area contributed by atoms with Crippen LogP contribution in [0.25, 0.3) is 22.3 Å². The number of amides is 1. The van der Waals surface area contributed by atoms with Crippen molar-refractivity contribution in [2.24, 2.45) is 0 Å². The first kappa shape index (κ1) is 21.1. The zero-order valence-electron chi connectivity index (χ0n) is 17.7. The van der Waals surface area contributed by atoms with Crippen molar-refractivity contribution in [1.29, 1.82) is 0 Å². The predicted molar refractivity (Wildman–Crippen MR) is 119 cm³/mol. The fourth-order valence-electron chi connectivity index (χ4n) is 3.49. The third kappa shape index (κ3) is 3.80. The van der Waals surface area contributed by atoms with Gasteiger partial charge in [-0.1, -0.05) is 24.3 Å². The number of benzene rings is 2. The van der Waals surface area contributed by atoms with Crippen LogP contribution in [-0.4, -0.2) is 25.6 Å². The molecule has 0 unspecified atom stereocenters. The Morgan fingerprint density at radius 3 is 2.62 bits per heavy atom. The number of anilines is 1. The first-order valence-corrected chi connectivity index (χ1v) is 9.96. The van der Waals surface area contributed by atoms with E-state index in [0.29, 0.717) is 16.7 Å². The zero-order valence-corrected chi connectivity index (χ0v) is 17.7. The SMILES string of the molecule is Cc1ccccc1-c1cc(C(=O)Nc2cc([N+](=O)[O-])ccc2F)c2cnn(C(C)C)c2n1. The maximum Gasteiger partial charge on any atom is 0.271 e. The minimum absolute atomic E-state index is 0.00255. The summed E-state index contributed by atoms with van der Waals surface area (Å²) in [4.78, 5) is 28.3. The molecule has 0 saturated heterocycles. The molecule has 2 heterocycles. The number of non-ortho nitro benzene ring substituents is 1. The molecule has 8 nitrogen and oxygen atoms in total. The van der Waals surface area contributed by atoms with Crippen LogP contribution < -0.4 is 5.32 Å². The average molecular weight is 433 g/mol. The van der Waals surface area contributed by atoms with Crippen LogP contribution in [0.15, 0.2) is 54.7 Å². The molecule has 0 bridgehead atoms. The lowest BCUT2D eigenvalue weighted by Gasteiger charge is -2.12. The maximum atomic E-state index is 14.3. The van der Waals surface area contributed by atoms with Gasteiger partial charge < -0.3 is 5.32 Å². The second-order valence-corrected chi connectivity index (χ2v) is 7.67. The quantitative estimate of drug-likeness (QED) is 0.340. The highest BCUT2D eigenvalue weighted by Gasteiger charge is 2.21. The maximum absolute atomic E-state index is 14.3. The molecule has 4 aromatic rings. The van der Waals surface area contributed by atoms with E-state index in [2.05, 4.69) is 10.4 Å². The van der Waals surface area contributed by atoms with Gasteiger partial charge in [-0.25, -0.2) is 14.1 Å². The molecule has 0 spiro atoms. The number of nitro benzene ring substituents is 1. The first-order chi connectivity index (χ1) is 15.3. The molecule has 0 aliphatic heterocycles. The number of nitrogens with one attached hydrogen (secondary N) is 1. The largest absolute Gasteiger partial charge is 0.319 e. The molecule has 0 radical (unpaired) electrons. The van der Waals surface area contributed by atoms with Gasteiger partial charge in [-0.15, -0.1) is 0 Å². The van der Waals surface area contributed by atoms with Gasteiger partial charge in [0.1, 0.15) is 5.82 Å². The van der Waals surface area contributed by atoms with E-state index in [1.165, 1.54) is 0 Å². The smallest absolute Gasteiger partial charge is 0.271 e. The van der Waals surface area contributed by atoms with E-state index in [-0.39, 0.29) is 23.0 Å². The second kappa shape index (κ2) is 8.18. The number of pyridine rings is 1. The highest BCUT2D eigenvalue weighted by Crippen LogP contribution is 2.29. The van der Waals surface area contributed by atoms with Crippen LogP contribution in [-0.2, 0) is 0 Å². The molecule has 9 heteroatoms. The molecule has 0 atom stereocenters. The van der Waals surface area contributed by atoms with Gasteiger partial charge in [-0.05, 0) is 38.5 Å². The zero-order chi connectivity index (χ0) is 23.0. The average Bonchev–Trinajstić information content (AvgIpc) is 3.19. The van der Waals surface area contributed by atoms with Gasteiger partial charge in [0.2, 0.25) is 0 Å².